The van der Waals surface area contributed by atoms with Gasteiger partial charge >= 0.3 is 0 Å². The molecule has 0 saturated carbocycles. The lowest BCUT2D eigenvalue weighted by Gasteiger charge is -2.42. The van der Waals surface area contributed by atoms with Crippen LogP contribution in [0.25, 0.3) is 16.6 Å². The standard InChI is InChI=1S/C30H31N5O4/c1-20-19-33(17-18-34(20)29(36)22-13-15-23(16-14-22)32(3)38)21(2)28-31-25-10-6-5-9-24(25)30(37)35(28)26-11-7-8-12-27(26)39-4/h5-16,20-21H,3,17-19H2,1-2,4H3. The summed E-state index contributed by atoms with van der Waals surface area (Å²) in [6, 6.07) is 21.0. The average molecular weight is 526 g/mol. The summed E-state index contributed by atoms with van der Waals surface area (Å²) in [5, 5.41) is 11.9. The van der Waals surface area contributed by atoms with E-state index in [9.17, 15) is 14.8 Å². The molecule has 200 valence electrons. The van der Waals surface area contributed by atoms with Gasteiger partial charge in [0.05, 0.1) is 29.7 Å². The van der Waals surface area contributed by atoms with Gasteiger partial charge in [0.25, 0.3) is 11.5 Å². The van der Waals surface area contributed by atoms with Crippen LogP contribution in [0.4, 0.5) is 5.69 Å². The zero-order chi connectivity index (χ0) is 27.7. The summed E-state index contributed by atoms with van der Waals surface area (Å²) in [4.78, 5) is 36.1. The first kappa shape index (κ1) is 26.1. The molecule has 0 N–H and O–H groups in total. The number of piperazine rings is 1. The number of para-hydroxylation sites is 3. The summed E-state index contributed by atoms with van der Waals surface area (Å²) >= 11 is 0. The minimum atomic E-state index is -0.216. The molecule has 0 spiro atoms. The number of aromatic nitrogens is 2. The molecule has 0 bridgehead atoms. The third kappa shape index (κ3) is 4.88. The van der Waals surface area contributed by atoms with Crippen LogP contribution < -0.4 is 10.3 Å². The van der Waals surface area contributed by atoms with Crippen molar-refractivity contribution < 1.29 is 14.3 Å². The van der Waals surface area contributed by atoms with E-state index in [1.54, 1.807) is 42.0 Å². The Morgan fingerprint density at radius 1 is 1.08 bits per heavy atom. The maximum Gasteiger partial charge on any atom is 0.266 e. The molecule has 4 aromatic rings. The number of benzene rings is 3. The number of hydrogen-bond donors (Lipinski definition) is 0. The zero-order valence-corrected chi connectivity index (χ0v) is 22.3. The van der Waals surface area contributed by atoms with Crippen molar-refractivity contribution in [1.29, 1.82) is 0 Å². The van der Waals surface area contributed by atoms with Gasteiger partial charge in [-0.05, 0) is 50.2 Å². The highest BCUT2D eigenvalue weighted by atomic mass is 16.5. The molecule has 1 saturated heterocycles. The molecule has 5 rings (SSSR count). The van der Waals surface area contributed by atoms with Gasteiger partial charge in [-0.15, -0.1) is 0 Å². The van der Waals surface area contributed by atoms with Crippen LogP contribution >= 0.6 is 0 Å². The summed E-state index contributed by atoms with van der Waals surface area (Å²) < 4.78 is 7.76. The van der Waals surface area contributed by atoms with E-state index in [1.807, 2.05) is 61.2 Å². The molecule has 2 atom stereocenters. The summed E-state index contributed by atoms with van der Waals surface area (Å²) in [6.07, 6.45) is 0. The van der Waals surface area contributed by atoms with Crippen molar-refractivity contribution in [2.24, 2.45) is 0 Å². The van der Waals surface area contributed by atoms with Gasteiger partial charge in [-0.25, -0.2) is 4.98 Å². The molecule has 2 unspecified atom stereocenters. The maximum atomic E-state index is 13.8. The molecule has 9 heteroatoms. The van der Waals surface area contributed by atoms with Gasteiger partial charge in [-0.2, -0.15) is 4.74 Å². The maximum absolute atomic E-state index is 13.8. The number of ether oxygens (including phenoxy) is 1. The Balaban J connectivity index is 1.46. The van der Waals surface area contributed by atoms with E-state index in [0.717, 1.165) is 0 Å². The minimum absolute atomic E-state index is 0.0795. The predicted octanol–water partition coefficient (Wildman–Crippen LogP) is 4.14. The first-order chi connectivity index (χ1) is 18.8. The van der Waals surface area contributed by atoms with E-state index in [1.165, 1.54) is 0 Å². The number of hydrogen-bond acceptors (Lipinski definition) is 6. The second-order valence-corrected chi connectivity index (χ2v) is 9.74. The van der Waals surface area contributed by atoms with Crippen molar-refractivity contribution in [1.82, 2.24) is 19.4 Å². The van der Waals surface area contributed by atoms with Crippen LogP contribution in [-0.2, 0) is 0 Å². The van der Waals surface area contributed by atoms with E-state index in [-0.39, 0.29) is 23.6 Å². The lowest BCUT2D eigenvalue weighted by molar-refractivity contribution is -0.349. The van der Waals surface area contributed by atoms with Crippen LogP contribution in [0.3, 0.4) is 0 Å². The monoisotopic (exact) mass is 525 g/mol. The van der Waals surface area contributed by atoms with Gasteiger partial charge in [0.1, 0.15) is 18.3 Å². The van der Waals surface area contributed by atoms with Crippen LogP contribution in [0, 0.1) is 5.21 Å². The molecule has 1 aliphatic rings. The van der Waals surface area contributed by atoms with E-state index in [4.69, 9.17) is 9.72 Å². The Bertz CT molecular complexity index is 1600. The SMILES string of the molecule is C=[N+]([O-])c1ccc(C(=O)N2CCN(C(C)c3nc4ccccc4c(=O)n3-c3ccccc3OC)CC2C)cc1. The topological polar surface area (TPSA) is 93.7 Å². The molecule has 0 aliphatic carbocycles. The van der Waals surface area contributed by atoms with Crippen molar-refractivity contribution in [2.75, 3.05) is 26.7 Å². The molecule has 1 aromatic heterocycles. The smallest absolute Gasteiger partial charge is 0.266 e. The third-order valence-corrected chi connectivity index (χ3v) is 7.37. The van der Waals surface area contributed by atoms with Gasteiger partial charge in [0, 0.05) is 43.4 Å². The number of amides is 1. The van der Waals surface area contributed by atoms with Crippen molar-refractivity contribution >= 4 is 29.2 Å². The van der Waals surface area contributed by atoms with Crippen molar-refractivity contribution in [2.45, 2.75) is 25.9 Å². The van der Waals surface area contributed by atoms with Crippen LogP contribution in [0.1, 0.15) is 36.1 Å². The molecule has 1 aliphatic heterocycles. The first-order valence-electron chi connectivity index (χ1n) is 12.9. The largest absolute Gasteiger partial charge is 0.619 e. The Morgan fingerprint density at radius 3 is 2.46 bits per heavy atom. The van der Waals surface area contributed by atoms with E-state index >= 15 is 0 Å². The minimum Gasteiger partial charge on any atom is -0.619 e. The summed E-state index contributed by atoms with van der Waals surface area (Å²) in [6.45, 7) is 9.12. The lowest BCUT2D eigenvalue weighted by atomic mass is 10.1. The number of fused-ring (bicyclic) bond motifs is 1. The molecule has 2 heterocycles. The quantitative estimate of drug-likeness (QED) is 0.163. The Labute approximate surface area is 226 Å². The van der Waals surface area contributed by atoms with Crippen molar-refractivity contribution in [3.63, 3.8) is 0 Å². The van der Waals surface area contributed by atoms with Crippen molar-refractivity contribution in [3.05, 3.63) is 99.7 Å². The molecule has 1 amide bonds. The van der Waals surface area contributed by atoms with Crippen LogP contribution in [0.5, 0.6) is 5.75 Å². The highest BCUT2D eigenvalue weighted by Gasteiger charge is 2.33. The van der Waals surface area contributed by atoms with Gasteiger partial charge in [-0.1, -0.05) is 24.3 Å². The molecule has 1 fully saturated rings. The van der Waals surface area contributed by atoms with Crippen molar-refractivity contribution in [3.8, 4) is 11.4 Å². The summed E-state index contributed by atoms with van der Waals surface area (Å²) in [7, 11) is 1.59. The number of methoxy groups -OCH3 is 1. The Kier molecular flexibility index (Phi) is 7.17. The summed E-state index contributed by atoms with van der Waals surface area (Å²) in [5.74, 6) is 1.11. The molecular weight excluding hydrogens is 494 g/mol. The molecule has 0 radical (unpaired) electrons. The van der Waals surface area contributed by atoms with Gasteiger partial charge in [0.2, 0.25) is 5.69 Å². The van der Waals surface area contributed by atoms with E-state index < -0.39 is 0 Å². The highest BCUT2D eigenvalue weighted by molar-refractivity contribution is 5.94. The van der Waals surface area contributed by atoms with E-state index in [0.29, 0.717) is 63.8 Å². The van der Waals surface area contributed by atoms with Gasteiger partial charge < -0.3 is 14.8 Å². The predicted molar refractivity (Wildman–Crippen MR) is 151 cm³/mol. The Morgan fingerprint density at radius 2 is 1.77 bits per heavy atom. The van der Waals surface area contributed by atoms with Crippen LogP contribution in [0.2, 0.25) is 0 Å². The molecular formula is C30H31N5O4. The normalized spacial score (nSPS) is 16.7. The molecule has 39 heavy (non-hydrogen) atoms. The average Bonchev–Trinajstić information content (AvgIpc) is 2.96. The first-order valence-corrected chi connectivity index (χ1v) is 12.9. The lowest BCUT2D eigenvalue weighted by Crippen LogP contribution is -2.54. The molecule has 3 aromatic carbocycles. The van der Waals surface area contributed by atoms with Crippen LogP contribution in [-0.4, -0.2) is 69.5 Å². The second kappa shape index (κ2) is 10.7. The fourth-order valence-corrected chi connectivity index (χ4v) is 5.22. The second-order valence-electron chi connectivity index (χ2n) is 9.74. The van der Waals surface area contributed by atoms with Gasteiger partial charge in [0.15, 0.2) is 0 Å². The fraction of sp³-hybridized carbons (Fsp3) is 0.267. The number of rotatable bonds is 6. The summed E-state index contributed by atoms with van der Waals surface area (Å²) in [5.41, 5.74) is 2.03. The fourth-order valence-electron chi connectivity index (χ4n) is 5.22. The van der Waals surface area contributed by atoms with Crippen LogP contribution in [0.15, 0.2) is 77.6 Å². The zero-order valence-electron chi connectivity index (χ0n) is 22.3. The number of carbonyl (C=O) groups is 1. The van der Waals surface area contributed by atoms with E-state index in [2.05, 4.69) is 11.6 Å². The van der Waals surface area contributed by atoms with Gasteiger partial charge in [-0.3, -0.25) is 19.1 Å². The number of nitrogens with zero attached hydrogens (tertiary/aromatic N) is 5. The highest BCUT2D eigenvalue weighted by Crippen LogP contribution is 2.29. The Hall–Kier alpha value is -4.50. The molecule has 9 nitrogen and oxygen atoms in total. The third-order valence-electron chi connectivity index (χ3n) is 7.37. The number of carbonyl (C=O) groups excluding carboxylic acids is 1.